The molecule has 3 aromatic carbocycles. The molecule has 2 unspecified atom stereocenters. The average Bonchev–Trinajstić information content (AvgIpc) is 3.30. The number of carbonyl (C=O) groups excluding carboxylic acids is 2. The molecule has 1 aliphatic heterocycles. The lowest BCUT2D eigenvalue weighted by atomic mass is 10.0. The van der Waals surface area contributed by atoms with Gasteiger partial charge in [-0.15, -0.1) is 0 Å². The van der Waals surface area contributed by atoms with Crippen molar-refractivity contribution in [2.45, 2.75) is 44.8 Å². The first-order valence-corrected chi connectivity index (χ1v) is 12.8. The maximum Gasteiger partial charge on any atom is 0.323 e. The highest BCUT2D eigenvalue weighted by molar-refractivity contribution is 5.97. The molecule has 196 valence electrons. The summed E-state index contributed by atoms with van der Waals surface area (Å²) in [6, 6.07) is 23.2. The minimum atomic E-state index is -0.707. The molecule has 0 saturated heterocycles. The van der Waals surface area contributed by atoms with Gasteiger partial charge in [0.2, 0.25) is 0 Å². The zero-order chi connectivity index (χ0) is 27.8. The van der Waals surface area contributed by atoms with E-state index in [0.29, 0.717) is 34.9 Å². The highest BCUT2D eigenvalue weighted by atomic mass is 16.5. The van der Waals surface area contributed by atoms with Gasteiger partial charge in [0.25, 0.3) is 0 Å². The highest BCUT2D eigenvalue weighted by Crippen LogP contribution is 2.21. The second-order valence-corrected chi connectivity index (χ2v) is 9.57. The van der Waals surface area contributed by atoms with Crippen molar-refractivity contribution in [2.75, 3.05) is 13.2 Å². The molecule has 3 aromatic rings. The van der Waals surface area contributed by atoms with E-state index < -0.39 is 17.7 Å². The number of ether oxygens (including phenoxy) is 1. The molecule has 0 spiro atoms. The number of Topliss-reactive ketones (excluding diaryl/α,β-unsaturated/α-hetero) is 1. The zero-order valence-corrected chi connectivity index (χ0v) is 22.0. The number of fused-ring (bicyclic) bond motifs is 1. The number of hydrogen-bond acceptors (Lipinski definition) is 8. The SMILES string of the molecule is CCOC(=O)C(Cc1ccc(C#N)cc1)NCC(=O)c1ccc2c(c1)=NC(C)(CCc1ccc(C#N)cc1)N=2. The Morgan fingerprint density at radius 3 is 2.15 bits per heavy atom. The van der Waals surface area contributed by atoms with Crippen molar-refractivity contribution >= 4 is 11.8 Å². The average molecular weight is 520 g/mol. The van der Waals surface area contributed by atoms with Crippen molar-refractivity contribution in [3.05, 3.63) is 105 Å². The maximum absolute atomic E-state index is 13.0. The van der Waals surface area contributed by atoms with Crippen molar-refractivity contribution in [3.63, 3.8) is 0 Å². The van der Waals surface area contributed by atoms with E-state index in [4.69, 9.17) is 25.2 Å². The largest absolute Gasteiger partial charge is 0.465 e. The minimum absolute atomic E-state index is 0.0500. The van der Waals surface area contributed by atoms with Gasteiger partial charge in [-0.05, 0) is 86.7 Å². The van der Waals surface area contributed by atoms with Gasteiger partial charge in [0.1, 0.15) is 11.7 Å². The molecular weight excluding hydrogens is 490 g/mol. The van der Waals surface area contributed by atoms with E-state index in [9.17, 15) is 9.59 Å². The van der Waals surface area contributed by atoms with E-state index in [1.54, 1.807) is 61.5 Å². The van der Waals surface area contributed by atoms with Gasteiger partial charge in [-0.2, -0.15) is 10.5 Å². The summed E-state index contributed by atoms with van der Waals surface area (Å²) in [5.41, 5.74) is 2.97. The van der Waals surface area contributed by atoms with Crippen LogP contribution in [0.5, 0.6) is 0 Å². The minimum Gasteiger partial charge on any atom is -0.465 e. The summed E-state index contributed by atoms with van der Waals surface area (Å²) in [4.78, 5) is 35.2. The normalized spacial score (nSPS) is 16.1. The topological polar surface area (TPSA) is 128 Å². The van der Waals surface area contributed by atoms with Gasteiger partial charge in [-0.1, -0.05) is 24.3 Å². The molecule has 0 aromatic heterocycles. The molecule has 2 atom stereocenters. The van der Waals surface area contributed by atoms with Crippen LogP contribution >= 0.6 is 0 Å². The molecule has 4 rings (SSSR count). The fourth-order valence-corrected chi connectivity index (χ4v) is 4.41. The number of ketones is 1. The Bertz CT molecular complexity index is 1570. The fraction of sp³-hybridized carbons (Fsp3) is 0.290. The van der Waals surface area contributed by atoms with Crippen molar-refractivity contribution in [2.24, 2.45) is 9.98 Å². The van der Waals surface area contributed by atoms with Crippen molar-refractivity contribution in [1.82, 2.24) is 5.32 Å². The standard InChI is InChI=1S/C31H29N5O3/c1-3-39-30(38)28(16-22-6-10-24(19-33)11-7-22)34-20-29(37)25-12-13-26-27(17-25)36-31(2,35-26)15-14-21-4-8-23(18-32)9-5-21/h4-13,17,28,34H,3,14-16,20H2,1-2H3. The second-order valence-electron chi connectivity index (χ2n) is 9.57. The number of rotatable bonds is 11. The monoisotopic (exact) mass is 519 g/mol. The van der Waals surface area contributed by atoms with E-state index in [1.165, 1.54) is 0 Å². The Morgan fingerprint density at radius 2 is 1.54 bits per heavy atom. The summed E-state index contributed by atoms with van der Waals surface area (Å²) >= 11 is 0. The Hall–Kier alpha value is -4.66. The summed E-state index contributed by atoms with van der Waals surface area (Å²) < 4.78 is 5.20. The van der Waals surface area contributed by atoms with Crippen LogP contribution in [-0.2, 0) is 22.4 Å². The number of esters is 1. The molecule has 0 saturated carbocycles. The van der Waals surface area contributed by atoms with Gasteiger partial charge in [-0.3, -0.25) is 24.9 Å². The molecule has 0 fully saturated rings. The third-order valence-corrected chi connectivity index (χ3v) is 6.59. The summed E-state index contributed by atoms with van der Waals surface area (Å²) in [7, 11) is 0. The smallest absolute Gasteiger partial charge is 0.323 e. The number of hydrogen-bond donors (Lipinski definition) is 1. The Labute approximate surface area is 227 Å². The quantitative estimate of drug-likeness (QED) is 0.306. The highest BCUT2D eigenvalue weighted by Gasteiger charge is 2.26. The number of benzene rings is 3. The molecule has 0 bridgehead atoms. The summed E-state index contributed by atoms with van der Waals surface area (Å²) in [6.45, 7) is 3.88. The van der Waals surface area contributed by atoms with Gasteiger partial charge < -0.3 is 4.74 Å². The second kappa shape index (κ2) is 12.3. The zero-order valence-electron chi connectivity index (χ0n) is 22.0. The molecule has 39 heavy (non-hydrogen) atoms. The van der Waals surface area contributed by atoms with Gasteiger partial charge >= 0.3 is 5.97 Å². The Morgan fingerprint density at radius 1 is 0.923 bits per heavy atom. The number of nitrogens with zero attached hydrogens (tertiary/aromatic N) is 4. The molecule has 0 amide bonds. The third kappa shape index (κ3) is 7.01. The number of carbonyl (C=O) groups is 2. The molecule has 0 radical (unpaired) electrons. The van der Waals surface area contributed by atoms with Crippen LogP contribution in [0.15, 0.2) is 76.7 Å². The number of nitriles is 2. The van der Waals surface area contributed by atoms with Crippen LogP contribution in [0.4, 0.5) is 0 Å². The van der Waals surface area contributed by atoms with Crippen LogP contribution in [0.3, 0.4) is 0 Å². The van der Waals surface area contributed by atoms with Gasteiger partial charge in [0.05, 0.1) is 47.1 Å². The van der Waals surface area contributed by atoms with E-state index in [-0.39, 0.29) is 18.9 Å². The van der Waals surface area contributed by atoms with Crippen LogP contribution in [-0.4, -0.2) is 36.6 Å². The molecule has 1 N–H and O–H groups in total. The van der Waals surface area contributed by atoms with Crippen LogP contribution in [0.2, 0.25) is 0 Å². The van der Waals surface area contributed by atoms with E-state index in [1.807, 2.05) is 19.1 Å². The number of nitrogens with one attached hydrogen (secondary N) is 1. The van der Waals surface area contributed by atoms with Crippen LogP contribution in [0.25, 0.3) is 0 Å². The van der Waals surface area contributed by atoms with Gasteiger partial charge in [0, 0.05) is 5.56 Å². The molecular formula is C31H29N5O3. The van der Waals surface area contributed by atoms with Crippen LogP contribution in [0.1, 0.15) is 52.9 Å². The summed E-state index contributed by atoms with van der Waals surface area (Å²) in [5.74, 6) is -0.608. The Kier molecular flexibility index (Phi) is 8.60. The predicted octanol–water partition coefficient (Wildman–Crippen LogP) is 2.98. The first-order valence-electron chi connectivity index (χ1n) is 12.8. The first-order chi connectivity index (χ1) is 18.8. The van der Waals surface area contributed by atoms with Crippen LogP contribution < -0.4 is 16.0 Å². The lowest BCUT2D eigenvalue weighted by molar-refractivity contribution is -0.145. The van der Waals surface area contributed by atoms with Crippen molar-refractivity contribution < 1.29 is 14.3 Å². The summed E-state index contributed by atoms with van der Waals surface area (Å²) in [5, 5.41) is 22.4. The molecule has 0 aliphatic carbocycles. The van der Waals surface area contributed by atoms with E-state index in [2.05, 4.69) is 17.5 Å². The summed E-state index contributed by atoms with van der Waals surface area (Å²) in [6.07, 6.45) is 1.77. The van der Waals surface area contributed by atoms with Gasteiger partial charge in [0.15, 0.2) is 5.78 Å². The lowest BCUT2D eigenvalue weighted by Gasteiger charge is -2.17. The number of aryl methyl sites for hydroxylation is 1. The van der Waals surface area contributed by atoms with Gasteiger partial charge in [-0.25, -0.2) is 0 Å². The predicted molar refractivity (Wildman–Crippen MR) is 144 cm³/mol. The fourth-order valence-electron chi connectivity index (χ4n) is 4.41. The van der Waals surface area contributed by atoms with Crippen LogP contribution in [0, 0.1) is 22.7 Å². The molecule has 8 nitrogen and oxygen atoms in total. The molecule has 8 heteroatoms. The van der Waals surface area contributed by atoms with Crippen molar-refractivity contribution in [3.8, 4) is 12.1 Å². The lowest BCUT2D eigenvalue weighted by Crippen LogP contribution is -2.42. The van der Waals surface area contributed by atoms with E-state index in [0.717, 1.165) is 22.9 Å². The van der Waals surface area contributed by atoms with E-state index >= 15 is 0 Å². The van der Waals surface area contributed by atoms with Crippen molar-refractivity contribution in [1.29, 1.82) is 10.5 Å². The molecule has 1 aliphatic rings. The third-order valence-electron chi connectivity index (χ3n) is 6.59. The first kappa shape index (κ1) is 27.4. The maximum atomic E-state index is 13.0. The Balaban J connectivity index is 1.42. The molecule has 1 heterocycles.